The summed E-state index contributed by atoms with van der Waals surface area (Å²) in [5.41, 5.74) is -1.22. The van der Waals surface area contributed by atoms with E-state index in [1.54, 1.807) is 6.08 Å². The molecule has 1 aliphatic heterocycles. The molecule has 0 aromatic carbocycles. The van der Waals surface area contributed by atoms with Crippen molar-refractivity contribution in [3.05, 3.63) is 11.6 Å². The molecule has 3 aliphatic carbocycles. The van der Waals surface area contributed by atoms with Crippen molar-refractivity contribution in [3.63, 3.8) is 0 Å². The van der Waals surface area contributed by atoms with Crippen molar-refractivity contribution < 1.29 is 33.4 Å². The quantitative estimate of drug-likeness (QED) is 0.384. The zero-order valence-corrected chi connectivity index (χ0v) is 18.9. The van der Waals surface area contributed by atoms with Crippen LogP contribution in [-0.4, -0.2) is 43.0 Å². The van der Waals surface area contributed by atoms with Crippen LogP contribution in [0.25, 0.3) is 0 Å². The minimum absolute atomic E-state index is 0.0345. The van der Waals surface area contributed by atoms with E-state index in [2.05, 4.69) is 20.8 Å². The zero-order chi connectivity index (χ0) is 22.8. The Morgan fingerprint density at radius 3 is 2.42 bits per heavy atom. The minimum Gasteiger partial charge on any atom is -0.462 e. The number of rotatable bonds is 3. The number of hydrogen-bond acceptors (Lipinski definition) is 7. The van der Waals surface area contributed by atoms with Gasteiger partial charge in [-0.1, -0.05) is 27.2 Å². The molecule has 2 saturated carbocycles. The van der Waals surface area contributed by atoms with Crippen molar-refractivity contribution in [2.24, 2.45) is 34.0 Å². The van der Waals surface area contributed by atoms with E-state index in [0.29, 0.717) is 12.0 Å². The fourth-order valence-corrected chi connectivity index (χ4v) is 7.64. The van der Waals surface area contributed by atoms with E-state index in [-0.39, 0.29) is 23.4 Å². The minimum atomic E-state index is -1.19. The maximum absolute atomic E-state index is 13.0. The van der Waals surface area contributed by atoms with Crippen molar-refractivity contribution in [1.29, 1.82) is 0 Å². The Morgan fingerprint density at radius 2 is 1.81 bits per heavy atom. The van der Waals surface area contributed by atoms with Crippen LogP contribution in [0.1, 0.15) is 60.3 Å². The van der Waals surface area contributed by atoms with Crippen LogP contribution < -0.4 is 0 Å². The highest BCUT2D eigenvalue weighted by atomic mass is 16.6. The number of esters is 3. The van der Waals surface area contributed by atoms with Crippen LogP contribution in [0.15, 0.2) is 11.6 Å². The summed E-state index contributed by atoms with van der Waals surface area (Å²) in [7, 11) is 0. The molecule has 31 heavy (non-hydrogen) atoms. The SMILES string of the molecule is CC(=O)OC1C=C2C(=O)OCC2C2(C=O)C(OC(C)=O)CC3C(C)(C)CCCC3(C)C12. The van der Waals surface area contributed by atoms with Gasteiger partial charge >= 0.3 is 17.9 Å². The topological polar surface area (TPSA) is 96.0 Å². The molecule has 1 saturated heterocycles. The van der Waals surface area contributed by atoms with Crippen LogP contribution in [-0.2, 0) is 33.4 Å². The molecule has 170 valence electrons. The number of aldehydes is 1. The molecule has 0 bridgehead atoms. The van der Waals surface area contributed by atoms with Crippen LogP contribution in [0.5, 0.6) is 0 Å². The lowest BCUT2D eigenvalue weighted by atomic mass is 9.38. The molecule has 7 atom stereocenters. The third-order valence-electron chi connectivity index (χ3n) is 8.62. The molecule has 7 heteroatoms. The summed E-state index contributed by atoms with van der Waals surface area (Å²) in [6.45, 7) is 9.36. The molecular weight excluding hydrogens is 400 g/mol. The average Bonchev–Trinajstić information content (AvgIpc) is 3.02. The van der Waals surface area contributed by atoms with E-state index >= 15 is 0 Å². The second-order valence-electron chi connectivity index (χ2n) is 10.7. The number of fused-ring (bicyclic) bond motifs is 5. The first kappa shape index (κ1) is 22.0. The lowest BCUT2D eigenvalue weighted by molar-refractivity contribution is -0.231. The van der Waals surface area contributed by atoms with Gasteiger partial charge < -0.3 is 19.0 Å². The van der Waals surface area contributed by atoms with Crippen molar-refractivity contribution >= 4 is 24.2 Å². The van der Waals surface area contributed by atoms with Gasteiger partial charge in [-0.15, -0.1) is 0 Å². The molecule has 0 aromatic rings. The number of cyclic esters (lactones) is 1. The molecule has 0 spiro atoms. The average molecular weight is 433 g/mol. The molecule has 0 radical (unpaired) electrons. The monoisotopic (exact) mass is 432 g/mol. The molecule has 0 N–H and O–H groups in total. The molecule has 3 fully saturated rings. The van der Waals surface area contributed by atoms with Crippen molar-refractivity contribution in [1.82, 2.24) is 0 Å². The summed E-state index contributed by atoms with van der Waals surface area (Å²) in [5, 5.41) is 0. The smallest absolute Gasteiger partial charge is 0.334 e. The van der Waals surface area contributed by atoms with Gasteiger partial charge in [0.1, 0.15) is 18.5 Å². The van der Waals surface area contributed by atoms with Gasteiger partial charge in [0, 0.05) is 31.3 Å². The fourth-order valence-electron chi connectivity index (χ4n) is 7.64. The number of carbonyl (C=O) groups is 4. The van der Waals surface area contributed by atoms with E-state index in [4.69, 9.17) is 14.2 Å². The van der Waals surface area contributed by atoms with Gasteiger partial charge in [-0.05, 0) is 42.1 Å². The van der Waals surface area contributed by atoms with Gasteiger partial charge in [-0.3, -0.25) is 9.59 Å². The molecule has 0 amide bonds. The Hall–Kier alpha value is -2.18. The Bertz CT molecular complexity index is 858. The van der Waals surface area contributed by atoms with Crippen molar-refractivity contribution in [2.75, 3.05) is 6.61 Å². The van der Waals surface area contributed by atoms with Crippen LogP contribution in [0.2, 0.25) is 0 Å². The molecule has 7 nitrogen and oxygen atoms in total. The summed E-state index contributed by atoms with van der Waals surface area (Å²) < 4.78 is 16.9. The Balaban J connectivity index is 1.97. The molecule has 7 unspecified atom stereocenters. The van der Waals surface area contributed by atoms with Crippen LogP contribution in [0, 0.1) is 34.0 Å². The molecule has 0 aromatic heterocycles. The standard InChI is InChI=1S/C24H32O7/c1-13(26)30-17-9-15-16(11-29-21(15)28)24(12-25)19(31-14(2)27)10-18-22(3,4)7-6-8-23(18,5)20(17)24/h9,12,16-20H,6-8,10-11H2,1-5H3. The molecule has 4 rings (SSSR count). The van der Waals surface area contributed by atoms with Gasteiger partial charge in [-0.25, -0.2) is 4.79 Å². The number of carbonyl (C=O) groups excluding carboxylic acids is 4. The summed E-state index contributed by atoms with van der Waals surface area (Å²) in [6.07, 6.45) is 4.50. The highest BCUT2D eigenvalue weighted by Crippen LogP contribution is 2.69. The van der Waals surface area contributed by atoms with E-state index < -0.39 is 47.4 Å². The highest BCUT2D eigenvalue weighted by Gasteiger charge is 2.72. The molecular formula is C24H32O7. The molecule has 4 aliphatic rings. The van der Waals surface area contributed by atoms with Gasteiger partial charge in [0.05, 0.1) is 12.0 Å². The number of hydrogen-bond donors (Lipinski definition) is 0. The maximum atomic E-state index is 13.0. The summed E-state index contributed by atoms with van der Waals surface area (Å²) in [5.74, 6) is -2.24. The third-order valence-corrected chi connectivity index (χ3v) is 8.62. The van der Waals surface area contributed by atoms with Gasteiger partial charge in [0.15, 0.2) is 0 Å². The Labute approximate surface area is 182 Å². The van der Waals surface area contributed by atoms with E-state index in [1.807, 2.05) is 0 Å². The van der Waals surface area contributed by atoms with E-state index in [9.17, 15) is 19.2 Å². The van der Waals surface area contributed by atoms with Crippen molar-refractivity contribution in [3.8, 4) is 0 Å². The fraction of sp³-hybridized carbons (Fsp3) is 0.750. The first-order valence-electron chi connectivity index (χ1n) is 11.2. The normalized spacial score (nSPS) is 42.8. The first-order valence-corrected chi connectivity index (χ1v) is 11.2. The Kier molecular flexibility index (Phi) is 5.10. The predicted molar refractivity (Wildman–Crippen MR) is 109 cm³/mol. The van der Waals surface area contributed by atoms with Gasteiger partial charge in [0.25, 0.3) is 0 Å². The second-order valence-corrected chi connectivity index (χ2v) is 10.7. The van der Waals surface area contributed by atoms with Crippen LogP contribution >= 0.6 is 0 Å². The van der Waals surface area contributed by atoms with Gasteiger partial charge in [-0.2, -0.15) is 0 Å². The van der Waals surface area contributed by atoms with Gasteiger partial charge in [0.2, 0.25) is 0 Å². The summed E-state index contributed by atoms with van der Waals surface area (Å²) >= 11 is 0. The lowest BCUT2D eigenvalue weighted by Gasteiger charge is -2.66. The summed E-state index contributed by atoms with van der Waals surface area (Å²) in [4.78, 5) is 49.7. The summed E-state index contributed by atoms with van der Waals surface area (Å²) in [6, 6.07) is 0. The number of ether oxygens (including phenoxy) is 3. The van der Waals surface area contributed by atoms with E-state index in [0.717, 1.165) is 25.5 Å². The largest absolute Gasteiger partial charge is 0.462 e. The van der Waals surface area contributed by atoms with Crippen LogP contribution in [0.4, 0.5) is 0 Å². The zero-order valence-electron chi connectivity index (χ0n) is 18.9. The van der Waals surface area contributed by atoms with E-state index in [1.165, 1.54) is 13.8 Å². The second kappa shape index (κ2) is 7.17. The highest BCUT2D eigenvalue weighted by molar-refractivity contribution is 5.93. The lowest BCUT2D eigenvalue weighted by Crippen LogP contribution is -2.69. The Morgan fingerprint density at radius 1 is 1.13 bits per heavy atom. The third kappa shape index (κ3) is 3.06. The predicted octanol–water partition coefficient (Wildman–Crippen LogP) is 3.00. The first-order chi connectivity index (χ1) is 14.5. The maximum Gasteiger partial charge on any atom is 0.334 e. The van der Waals surface area contributed by atoms with Crippen molar-refractivity contribution in [2.45, 2.75) is 72.5 Å². The van der Waals surface area contributed by atoms with Crippen LogP contribution in [0.3, 0.4) is 0 Å². The molecule has 1 heterocycles.